The first-order valence-electron chi connectivity index (χ1n) is 27.4. The lowest BCUT2D eigenvalue weighted by Crippen LogP contribution is -2.30. The maximum atomic E-state index is 12.8. The summed E-state index contributed by atoms with van der Waals surface area (Å²) in [4.78, 5) is 38.1. The van der Waals surface area contributed by atoms with E-state index in [0.29, 0.717) is 19.3 Å². The maximum Gasteiger partial charge on any atom is 0.306 e. The molecule has 0 aromatic heterocycles. The van der Waals surface area contributed by atoms with Crippen molar-refractivity contribution in [3.8, 4) is 0 Å². The molecule has 0 amide bonds. The fourth-order valence-corrected chi connectivity index (χ4v) is 7.23. The molecule has 0 bridgehead atoms. The molecule has 0 fully saturated rings. The minimum Gasteiger partial charge on any atom is -0.462 e. The van der Waals surface area contributed by atoms with E-state index in [1.807, 2.05) is 0 Å². The Morgan fingerprint density at radius 3 is 0.970 bits per heavy atom. The molecule has 0 radical (unpaired) electrons. The van der Waals surface area contributed by atoms with E-state index in [-0.39, 0.29) is 37.5 Å². The van der Waals surface area contributed by atoms with Crippen molar-refractivity contribution in [1.29, 1.82) is 0 Å². The van der Waals surface area contributed by atoms with Crippen LogP contribution in [0, 0.1) is 0 Å². The van der Waals surface area contributed by atoms with Crippen molar-refractivity contribution < 1.29 is 28.6 Å². The maximum absolute atomic E-state index is 12.8. The van der Waals surface area contributed by atoms with Crippen LogP contribution in [0.3, 0.4) is 0 Å². The molecule has 0 N–H and O–H groups in total. The highest BCUT2D eigenvalue weighted by Gasteiger charge is 2.19. The number of rotatable bonds is 48. The van der Waals surface area contributed by atoms with Crippen molar-refractivity contribution in [1.82, 2.24) is 0 Å². The van der Waals surface area contributed by atoms with Gasteiger partial charge in [-0.25, -0.2) is 0 Å². The Kier molecular flexibility index (Phi) is 51.5. The van der Waals surface area contributed by atoms with E-state index in [1.165, 1.54) is 77.0 Å². The third-order valence-corrected chi connectivity index (χ3v) is 11.3. The number of allylic oxidation sites excluding steroid dienone is 18. The highest BCUT2D eigenvalue weighted by Crippen LogP contribution is 2.15. The van der Waals surface area contributed by atoms with Crippen LogP contribution < -0.4 is 0 Å². The summed E-state index contributed by atoms with van der Waals surface area (Å²) in [5.74, 6) is -0.989. The second kappa shape index (κ2) is 54.7. The third kappa shape index (κ3) is 52.9. The van der Waals surface area contributed by atoms with E-state index in [1.54, 1.807) is 0 Å². The molecule has 67 heavy (non-hydrogen) atoms. The van der Waals surface area contributed by atoms with Gasteiger partial charge in [-0.1, -0.05) is 233 Å². The highest BCUT2D eigenvalue weighted by molar-refractivity contribution is 5.71. The van der Waals surface area contributed by atoms with Crippen LogP contribution in [0.2, 0.25) is 0 Å². The van der Waals surface area contributed by atoms with Crippen LogP contribution in [-0.4, -0.2) is 37.2 Å². The van der Waals surface area contributed by atoms with Crippen LogP contribution in [0.15, 0.2) is 109 Å². The predicted molar refractivity (Wildman–Crippen MR) is 288 cm³/mol. The minimum absolute atomic E-state index is 0.109. The van der Waals surface area contributed by atoms with Crippen molar-refractivity contribution in [2.24, 2.45) is 0 Å². The topological polar surface area (TPSA) is 78.9 Å². The van der Waals surface area contributed by atoms with Crippen molar-refractivity contribution >= 4 is 17.9 Å². The lowest BCUT2D eigenvalue weighted by molar-refractivity contribution is -0.167. The zero-order chi connectivity index (χ0) is 48.6. The van der Waals surface area contributed by atoms with Gasteiger partial charge in [-0.15, -0.1) is 0 Å². The van der Waals surface area contributed by atoms with Gasteiger partial charge in [0.15, 0.2) is 6.10 Å². The molecule has 0 aliphatic heterocycles. The molecule has 0 aliphatic rings. The van der Waals surface area contributed by atoms with Gasteiger partial charge in [0.2, 0.25) is 0 Å². The number of ether oxygens (including phenoxy) is 3. The van der Waals surface area contributed by atoms with Gasteiger partial charge >= 0.3 is 17.9 Å². The van der Waals surface area contributed by atoms with E-state index in [2.05, 4.69) is 130 Å². The van der Waals surface area contributed by atoms with Gasteiger partial charge in [-0.3, -0.25) is 14.4 Å². The number of hydrogen-bond donors (Lipinski definition) is 0. The molecule has 380 valence electrons. The van der Waals surface area contributed by atoms with Crippen LogP contribution in [0.25, 0.3) is 0 Å². The van der Waals surface area contributed by atoms with E-state index in [0.717, 1.165) is 116 Å². The molecule has 6 nitrogen and oxygen atoms in total. The van der Waals surface area contributed by atoms with Crippen molar-refractivity contribution in [2.75, 3.05) is 13.2 Å². The summed E-state index contributed by atoms with van der Waals surface area (Å²) in [6.07, 6.45) is 73.6. The van der Waals surface area contributed by atoms with Crippen LogP contribution in [0.5, 0.6) is 0 Å². The SMILES string of the molecule is CC/C=C\C/C=C\C/C=C\C/C=C\C/C=C\CCCC(=O)OC[C@H](COC(=O)CCCCCC/C=C\C/C=C\C/C=C\C/C=C\CC)OC(=O)CCCCCCCCCCCCCCCCC. The first-order chi connectivity index (χ1) is 33.0. The number of unbranched alkanes of at least 4 members (excludes halogenated alkanes) is 19. The van der Waals surface area contributed by atoms with E-state index in [9.17, 15) is 14.4 Å². The van der Waals surface area contributed by atoms with Crippen LogP contribution >= 0.6 is 0 Å². The molecule has 0 aromatic rings. The second-order valence-corrected chi connectivity index (χ2v) is 17.7. The van der Waals surface area contributed by atoms with Gasteiger partial charge in [-0.05, 0) is 96.3 Å². The summed E-state index contributed by atoms with van der Waals surface area (Å²) >= 11 is 0. The zero-order valence-electron chi connectivity index (χ0n) is 43.4. The second-order valence-electron chi connectivity index (χ2n) is 17.7. The van der Waals surface area contributed by atoms with Gasteiger partial charge in [0.1, 0.15) is 13.2 Å². The largest absolute Gasteiger partial charge is 0.462 e. The smallest absolute Gasteiger partial charge is 0.306 e. The summed E-state index contributed by atoms with van der Waals surface area (Å²) in [7, 11) is 0. The number of hydrogen-bond acceptors (Lipinski definition) is 6. The van der Waals surface area contributed by atoms with Crippen LogP contribution in [-0.2, 0) is 28.6 Å². The van der Waals surface area contributed by atoms with Gasteiger partial charge in [0.05, 0.1) is 0 Å². The molecule has 0 rings (SSSR count). The monoisotopic (exact) mass is 929 g/mol. The lowest BCUT2D eigenvalue weighted by Gasteiger charge is -2.18. The molecular formula is C61H100O6. The Balaban J connectivity index is 4.52. The average Bonchev–Trinajstić information content (AvgIpc) is 3.33. The van der Waals surface area contributed by atoms with Gasteiger partial charge in [0.25, 0.3) is 0 Å². The number of carbonyl (C=O) groups excluding carboxylic acids is 3. The minimum atomic E-state index is -0.811. The average molecular weight is 929 g/mol. The standard InChI is InChI=1S/C61H100O6/c1-4-7-10-13-16-19-22-25-28-30-33-35-38-41-44-47-50-53-59(62)65-56-58(67-61(64)55-52-49-46-43-40-37-32-27-24-21-18-15-12-9-6-3)57-66-60(63)54-51-48-45-42-39-36-34-31-29-26-23-20-17-14-11-8-5-2/h7-8,10-11,16-17,19-20,25-26,28-29,33-36,41,44,58H,4-6,9,12-15,18,21-24,27,30-32,37-40,42-43,45-57H2,1-3H3/b10-7-,11-8-,19-16-,20-17-,28-25-,29-26-,35-33-,36-34-,44-41-/t58-/m1/s1. The molecular weight excluding hydrogens is 829 g/mol. The van der Waals surface area contributed by atoms with E-state index in [4.69, 9.17) is 14.2 Å². The molecule has 0 unspecified atom stereocenters. The van der Waals surface area contributed by atoms with Gasteiger partial charge in [0, 0.05) is 19.3 Å². The molecule has 0 heterocycles. The summed E-state index contributed by atoms with van der Waals surface area (Å²) in [5.41, 5.74) is 0. The number of carbonyl (C=O) groups is 3. The summed E-state index contributed by atoms with van der Waals surface area (Å²) in [6, 6.07) is 0. The Morgan fingerprint density at radius 1 is 0.313 bits per heavy atom. The molecule has 1 atom stereocenters. The van der Waals surface area contributed by atoms with Gasteiger partial charge < -0.3 is 14.2 Å². The third-order valence-electron chi connectivity index (χ3n) is 11.3. The van der Waals surface area contributed by atoms with Crippen molar-refractivity contribution in [2.45, 2.75) is 245 Å². The summed E-state index contributed by atoms with van der Waals surface area (Å²) in [5, 5.41) is 0. The molecule has 0 aromatic carbocycles. The van der Waals surface area contributed by atoms with Crippen molar-refractivity contribution in [3.05, 3.63) is 109 Å². The molecule has 0 saturated heterocycles. The summed E-state index contributed by atoms with van der Waals surface area (Å²) in [6.45, 7) is 6.34. The lowest BCUT2D eigenvalue weighted by atomic mass is 10.0. The Morgan fingerprint density at radius 2 is 0.597 bits per heavy atom. The Bertz CT molecular complexity index is 1390. The van der Waals surface area contributed by atoms with Crippen LogP contribution in [0.4, 0.5) is 0 Å². The predicted octanol–water partition coefficient (Wildman–Crippen LogP) is 18.3. The fourth-order valence-electron chi connectivity index (χ4n) is 7.23. The highest BCUT2D eigenvalue weighted by atomic mass is 16.6. The number of esters is 3. The quantitative estimate of drug-likeness (QED) is 0.0262. The van der Waals surface area contributed by atoms with E-state index < -0.39 is 6.10 Å². The van der Waals surface area contributed by atoms with Crippen molar-refractivity contribution in [3.63, 3.8) is 0 Å². The molecule has 6 heteroatoms. The zero-order valence-corrected chi connectivity index (χ0v) is 43.4. The Hall–Kier alpha value is -3.93. The normalized spacial score (nSPS) is 12.9. The molecule has 0 aliphatic carbocycles. The first kappa shape index (κ1) is 63.1. The Labute approximate surface area is 412 Å². The summed E-state index contributed by atoms with van der Waals surface area (Å²) < 4.78 is 16.8. The fraction of sp³-hybridized carbons (Fsp3) is 0.656. The first-order valence-corrected chi connectivity index (χ1v) is 27.4. The molecule has 0 spiro atoms. The molecule has 0 saturated carbocycles. The van der Waals surface area contributed by atoms with E-state index >= 15 is 0 Å². The van der Waals surface area contributed by atoms with Gasteiger partial charge in [-0.2, -0.15) is 0 Å². The van der Waals surface area contributed by atoms with Crippen LogP contribution in [0.1, 0.15) is 239 Å².